The van der Waals surface area contributed by atoms with E-state index in [4.69, 9.17) is 0 Å². The Balaban J connectivity index is 1.31. The Kier molecular flexibility index (Phi) is 10.6. The van der Waals surface area contributed by atoms with Crippen LogP contribution in [0.15, 0.2) is 146 Å². The highest BCUT2D eigenvalue weighted by Crippen LogP contribution is 2.36. The first-order valence-electron chi connectivity index (χ1n) is 18.0. The van der Waals surface area contributed by atoms with Gasteiger partial charge >= 0.3 is 35.8 Å². The van der Waals surface area contributed by atoms with E-state index in [-0.39, 0.29) is 33.4 Å². The molecule has 0 aliphatic carbocycles. The summed E-state index contributed by atoms with van der Waals surface area (Å²) in [5, 5.41) is 57.5. The molecule has 0 atom stereocenters. The largest absolute Gasteiger partial charge is 0.478 e. The van der Waals surface area contributed by atoms with Crippen LogP contribution in [0.1, 0.15) is 62.1 Å². The molecule has 0 aliphatic heterocycles. The molecule has 12 heteroatoms. The summed E-state index contributed by atoms with van der Waals surface area (Å²) in [5.41, 5.74) is 6.57. The van der Waals surface area contributed by atoms with Crippen LogP contribution in [-0.2, 0) is 0 Å². The monoisotopic (exact) mass is 798 g/mol. The molecule has 0 unspecified atom stereocenters. The molecule has 0 heterocycles. The van der Waals surface area contributed by atoms with Crippen LogP contribution in [0.4, 0.5) is 0 Å². The summed E-state index contributed by atoms with van der Waals surface area (Å²) in [6.45, 7) is 0. The zero-order chi connectivity index (χ0) is 42.8. The quantitative estimate of drug-likeness (QED) is 0.0679. The number of hydrogen-bond acceptors (Lipinski definition) is 6. The highest BCUT2D eigenvalue weighted by atomic mass is 16.4. The van der Waals surface area contributed by atoms with E-state index in [9.17, 15) is 59.4 Å². The topological polar surface area (TPSA) is 224 Å². The van der Waals surface area contributed by atoms with Gasteiger partial charge in [0.1, 0.15) is 0 Å². The Morgan fingerprint density at radius 1 is 0.200 bits per heavy atom. The van der Waals surface area contributed by atoms with Crippen molar-refractivity contribution < 1.29 is 59.4 Å². The molecule has 7 aromatic carbocycles. The third kappa shape index (κ3) is 8.38. The van der Waals surface area contributed by atoms with E-state index in [0.29, 0.717) is 33.4 Å². The second-order valence-electron chi connectivity index (χ2n) is 13.8. The van der Waals surface area contributed by atoms with Crippen molar-refractivity contribution in [2.45, 2.75) is 0 Å². The van der Waals surface area contributed by atoms with E-state index >= 15 is 0 Å². The van der Waals surface area contributed by atoms with Gasteiger partial charge in [-0.3, -0.25) is 0 Å². The van der Waals surface area contributed by atoms with E-state index in [1.165, 1.54) is 36.4 Å². The molecule has 0 bridgehead atoms. The molecule has 12 nitrogen and oxygen atoms in total. The number of benzene rings is 7. The zero-order valence-corrected chi connectivity index (χ0v) is 31.0. The van der Waals surface area contributed by atoms with Gasteiger partial charge in [0.25, 0.3) is 0 Å². The standard InChI is InChI=1S/C48H30O12/c49-43(50)37-16-34(17-38(22-37)44(51)52)28-7-1-25(2-8-28)31-13-32(26-3-9-29(10-4-26)35-18-39(45(53)54)23-40(19-35)46(55)56)15-33(14-31)27-5-11-30(12-6-27)36-20-41(47(57)58)24-42(21-36)48(59)60/h1-24H,(H,49,50)(H,51,52)(H,53,54)(H,55,56)(H,57,58)(H,59,60). The third-order valence-corrected chi connectivity index (χ3v) is 9.87. The van der Waals surface area contributed by atoms with Crippen molar-refractivity contribution in [3.8, 4) is 66.8 Å². The van der Waals surface area contributed by atoms with Crippen LogP contribution >= 0.6 is 0 Å². The summed E-state index contributed by atoms with van der Waals surface area (Å²) in [6.07, 6.45) is 0. The van der Waals surface area contributed by atoms with Crippen molar-refractivity contribution in [2.75, 3.05) is 0 Å². The summed E-state index contributed by atoms with van der Waals surface area (Å²) < 4.78 is 0. The molecule has 7 aromatic rings. The minimum Gasteiger partial charge on any atom is -0.478 e. The van der Waals surface area contributed by atoms with E-state index in [1.54, 1.807) is 36.4 Å². The smallest absolute Gasteiger partial charge is 0.335 e. The van der Waals surface area contributed by atoms with Gasteiger partial charge < -0.3 is 30.6 Å². The molecule has 0 aliphatic rings. The maximum absolute atomic E-state index is 11.8. The van der Waals surface area contributed by atoms with E-state index in [0.717, 1.165) is 51.6 Å². The van der Waals surface area contributed by atoms with Crippen LogP contribution in [0.5, 0.6) is 0 Å². The Morgan fingerprint density at radius 3 is 0.467 bits per heavy atom. The number of hydrogen-bond donors (Lipinski definition) is 6. The lowest BCUT2D eigenvalue weighted by molar-refractivity contribution is 0.0676. The first kappa shape index (κ1) is 39.6. The maximum atomic E-state index is 11.8. The number of carboxylic acid groups (broad SMARTS) is 6. The maximum Gasteiger partial charge on any atom is 0.335 e. The molecular weight excluding hydrogens is 769 g/mol. The normalized spacial score (nSPS) is 10.8. The van der Waals surface area contributed by atoms with Crippen LogP contribution < -0.4 is 0 Å². The predicted molar refractivity (Wildman–Crippen MR) is 221 cm³/mol. The molecule has 0 amide bonds. The van der Waals surface area contributed by atoms with Crippen LogP contribution in [0.25, 0.3) is 66.8 Å². The molecule has 7 rings (SSSR count). The van der Waals surface area contributed by atoms with Gasteiger partial charge in [-0.1, -0.05) is 72.8 Å². The Hall–Kier alpha value is -8.64. The lowest BCUT2D eigenvalue weighted by Crippen LogP contribution is -2.03. The van der Waals surface area contributed by atoms with Crippen molar-refractivity contribution >= 4 is 35.8 Å². The number of carboxylic acids is 6. The summed E-state index contributed by atoms with van der Waals surface area (Å²) in [4.78, 5) is 70.5. The van der Waals surface area contributed by atoms with E-state index < -0.39 is 35.8 Å². The summed E-state index contributed by atoms with van der Waals surface area (Å²) in [7, 11) is 0. The van der Waals surface area contributed by atoms with E-state index in [2.05, 4.69) is 0 Å². The first-order chi connectivity index (χ1) is 28.6. The third-order valence-electron chi connectivity index (χ3n) is 9.87. The fraction of sp³-hybridized carbons (Fsp3) is 0. The number of rotatable bonds is 12. The van der Waals surface area contributed by atoms with Gasteiger partial charge in [0, 0.05) is 0 Å². The van der Waals surface area contributed by atoms with Gasteiger partial charge in [-0.15, -0.1) is 0 Å². The van der Waals surface area contributed by atoms with Gasteiger partial charge in [-0.25, -0.2) is 28.8 Å². The average Bonchev–Trinajstić information content (AvgIpc) is 3.25. The molecule has 0 spiro atoms. The van der Waals surface area contributed by atoms with Crippen molar-refractivity contribution in [3.05, 3.63) is 179 Å². The fourth-order valence-corrected chi connectivity index (χ4v) is 6.82. The first-order valence-corrected chi connectivity index (χ1v) is 18.0. The molecule has 0 saturated carbocycles. The summed E-state index contributed by atoms with van der Waals surface area (Å²) >= 11 is 0. The van der Waals surface area contributed by atoms with Gasteiger partial charge in [-0.05, 0) is 140 Å². The minimum atomic E-state index is -1.26. The second kappa shape index (κ2) is 16.1. The fourth-order valence-electron chi connectivity index (χ4n) is 6.82. The van der Waals surface area contributed by atoms with E-state index in [1.807, 2.05) is 54.6 Å². The van der Waals surface area contributed by atoms with Crippen LogP contribution in [-0.4, -0.2) is 66.5 Å². The Bertz CT molecular complexity index is 2480. The molecule has 6 N–H and O–H groups in total. The van der Waals surface area contributed by atoms with Crippen LogP contribution in [0, 0.1) is 0 Å². The molecule has 0 radical (unpaired) electrons. The molecule has 0 saturated heterocycles. The number of carbonyl (C=O) groups is 6. The summed E-state index contributed by atoms with van der Waals surface area (Å²) in [5.74, 6) is -7.59. The van der Waals surface area contributed by atoms with Crippen molar-refractivity contribution in [1.82, 2.24) is 0 Å². The van der Waals surface area contributed by atoms with Gasteiger partial charge in [0.05, 0.1) is 33.4 Å². The lowest BCUT2D eigenvalue weighted by Gasteiger charge is -2.14. The highest BCUT2D eigenvalue weighted by molar-refractivity contribution is 5.98. The average molecular weight is 799 g/mol. The van der Waals surface area contributed by atoms with Crippen LogP contribution in [0.3, 0.4) is 0 Å². The molecule has 0 fully saturated rings. The van der Waals surface area contributed by atoms with Gasteiger partial charge in [0.2, 0.25) is 0 Å². The molecule has 294 valence electrons. The van der Waals surface area contributed by atoms with Crippen LogP contribution in [0.2, 0.25) is 0 Å². The number of aromatic carboxylic acids is 6. The lowest BCUT2D eigenvalue weighted by atomic mass is 9.91. The minimum absolute atomic E-state index is 0.169. The molecular formula is C48H30O12. The Labute approximate surface area is 340 Å². The van der Waals surface area contributed by atoms with Gasteiger partial charge in [0.15, 0.2) is 0 Å². The van der Waals surface area contributed by atoms with Crippen molar-refractivity contribution in [3.63, 3.8) is 0 Å². The SMILES string of the molecule is O=C(O)c1cc(C(=O)O)cc(-c2ccc(-c3cc(-c4ccc(-c5cc(C(=O)O)cc(C(=O)O)c5)cc4)cc(-c4ccc(-c5cc(C(=O)O)cc(C(=O)O)c5)cc4)c3)cc2)c1. The zero-order valence-electron chi connectivity index (χ0n) is 31.0. The Morgan fingerprint density at radius 2 is 0.333 bits per heavy atom. The molecule has 60 heavy (non-hydrogen) atoms. The summed E-state index contributed by atoms with van der Waals surface area (Å²) in [6, 6.07) is 39.0. The molecule has 0 aromatic heterocycles. The second-order valence-corrected chi connectivity index (χ2v) is 13.8. The predicted octanol–water partition coefficient (Wildman–Crippen LogP) is 9.88. The highest BCUT2D eigenvalue weighted by Gasteiger charge is 2.17. The van der Waals surface area contributed by atoms with Crippen molar-refractivity contribution in [2.24, 2.45) is 0 Å². The van der Waals surface area contributed by atoms with Crippen molar-refractivity contribution in [1.29, 1.82) is 0 Å². The van der Waals surface area contributed by atoms with Gasteiger partial charge in [-0.2, -0.15) is 0 Å².